The minimum Gasteiger partial charge on any atom is -0.254 e. The van der Waals surface area contributed by atoms with Crippen LogP contribution in [0.1, 0.15) is 22.3 Å². The second-order valence-electron chi connectivity index (χ2n) is 8.35. The molecular weight excluding hydrogens is 392 g/mol. The molecule has 0 radical (unpaired) electrons. The topological polar surface area (TPSA) is 51.6 Å². The third kappa shape index (κ3) is 3.54. The van der Waals surface area contributed by atoms with Gasteiger partial charge in [0.05, 0.1) is 22.1 Å². The lowest BCUT2D eigenvalue weighted by Crippen LogP contribution is -1.88. The molecule has 4 nitrogen and oxygen atoms in total. The Bertz CT molecular complexity index is 1500. The molecule has 0 aliphatic rings. The van der Waals surface area contributed by atoms with Gasteiger partial charge in [-0.05, 0) is 74.2 Å². The Balaban J connectivity index is 0.000000135. The number of benzene rings is 2. The molecule has 4 heteroatoms. The van der Waals surface area contributed by atoms with Gasteiger partial charge >= 0.3 is 0 Å². The van der Waals surface area contributed by atoms with Crippen LogP contribution in [-0.2, 0) is 0 Å². The third-order valence-electron chi connectivity index (χ3n) is 5.83. The number of aromatic nitrogens is 4. The van der Waals surface area contributed by atoms with E-state index < -0.39 is 0 Å². The summed E-state index contributed by atoms with van der Waals surface area (Å²) in [5.41, 5.74) is 8.83. The van der Waals surface area contributed by atoms with Gasteiger partial charge in [-0.25, -0.2) is 0 Å². The zero-order valence-corrected chi connectivity index (χ0v) is 18.7. The molecule has 0 N–H and O–H groups in total. The van der Waals surface area contributed by atoms with E-state index in [0.717, 1.165) is 32.8 Å². The van der Waals surface area contributed by atoms with Crippen LogP contribution in [0.4, 0.5) is 0 Å². The SMILES string of the molecule is Cc1ccnc2c1ccc1c(C)ccnc12.Cc1cnc2c(ccc3cc(C)cnc32)c1. The fourth-order valence-corrected chi connectivity index (χ4v) is 4.12. The first-order chi connectivity index (χ1) is 15.5. The molecule has 0 saturated carbocycles. The highest BCUT2D eigenvalue weighted by atomic mass is 14.7. The monoisotopic (exact) mass is 416 g/mol. The number of fused-ring (bicyclic) bond motifs is 6. The van der Waals surface area contributed by atoms with Crippen molar-refractivity contribution in [3.63, 3.8) is 0 Å². The summed E-state index contributed by atoms with van der Waals surface area (Å²) in [5.74, 6) is 0. The van der Waals surface area contributed by atoms with Crippen molar-refractivity contribution in [2.24, 2.45) is 0 Å². The van der Waals surface area contributed by atoms with Gasteiger partial charge in [-0.15, -0.1) is 0 Å². The molecule has 0 aliphatic carbocycles. The highest BCUT2D eigenvalue weighted by Gasteiger charge is 2.06. The van der Waals surface area contributed by atoms with E-state index >= 15 is 0 Å². The van der Waals surface area contributed by atoms with Gasteiger partial charge in [-0.1, -0.05) is 24.3 Å². The average Bonchev–Trinajstić information content (AvgIpc) is 2.79. The van der Waals surface area contributed by atoms with Crippen molar-refractivity contribution in [3.8, 4) is 0 Å². The van der Waals surface area contributed by atoms with Crippen LogP contribution in [0.2, 0.25) is 0 Å². The predicted octanol–water partition coefficient (Wildman–Crippen LogP) is 6.80. The van der Waals surface area contributed by atoms with Gasteiger partial charge in [0.15, 0.2) is 0 Å². The van der Waals surface area contributed by atoms with Crippen LogP contribution >= 0.6 is 0 Å². The van der Waals surface area contributed by atoms with Crippen molar-refractivity contribution in [1.82, 2.24) is 19.9 Å². The Hall–Kier alpha value is -3.92. The molecule has 0 unspecified atom stereocenters. The summed E-state index contributed by atoms with van der Waals surface area (Å²) in [6, 6.07) is 16.8. The Kier molecular flexibility index (Phi) is 4.98. The Labute approximate surface area is 187 Å². The van der Waals surface area contributed by atoms with Gasteiger partial charge in [-0.2, -0.15) is 0 Å². The molecule has 6 rings (SSSR count). The summed E-state index contributed by atoms with van der Waals surface area (Å²) in [6.07, 6.45) is 7.48. The van der Waals surface area contributed by atoms with Crippen LogP contribution in [0, 0.1) is 27.7 Å². The van der Waals surface area contributed by atoms with Crippen LogP contribution in [0.3, 0.4) is 0 Å². The van der Waals surface area contributed by atoms with Crippen LogP contribution in [0.15, 0.2) is 73.3 Å². The number of nitrogens with zero attached hydrogens (tertiary/aromatic N) is 4. The van der Waals surface area contributed by atoms with E-state index in [-0.39, 0.29) is 0 Å². The molecule has 0 amide bonds. The molecule has 0 fully saturated rings. The molecule has 4 heterocycles. The summed E-state index contributed by atoms with van der Waals surface area (Å²) < 4.78 is 0. The lowest BCUT2D eigenvalue weighted by Gasteiger charge is -2.06. The molecule has 4 aromatic heterocycles. The summed E-state index contributed by atoms with van der Waals surface area (Å²) in [6.45, 7) is 8.32. The van der Waals surface area contributed by atoms with E-state index in [2.05, 4.69) is 84.0 Å². The van der Waals surface area contributed by atoms with Crippen LogP contribution in [0.5, 0.6) is 0 Å². The second kappa shape index (κ2) is 7.97. The van der Waals surface area contributed by atoms with Crippen molar-refractivity contribution in [1.29, 1.82) is 0 Å². The number of rotatable bonds is 0. The quantitative estimate of drug-likeness (QED) is 0.256. The Morgan fingerprint density at radius 2 is 0.906 bits per heavy atom. The fraction of sp³-hybridized carbons (Fsp3) is 0.143. The van der Waals surface area contributed by atoms with E-state index in [1.165, 1.54) is 33.0 Å². The van der Waals surface area contributed by atoms with E-state index in [1.807, 2.05) is 36.9 Å². The van der Waals surface area contributed by atoms with Crippen LogP contribution < -0.4 is 0 Å². The van der Waals surface area contributed by atoms with Crippen molar-refractivity contribution < 1.29 is 0 Å². The summed E-state index contributed by atoms with van der Waals surface area (Å²) >= 11 is 0. The molecule has 0 saturated heterocycles. The van der Waals surface area contributed by atoms with Crippen molar-refractivity contribution in [3.05, 3.63) is 95.6 Å². The normalized spacial score (nSPS) is 11.1. The van der Waals surface area contributed by atoms with Crippen LogP contribution in [-0.4, -0.2) is 19.9 Å². The van der Waals surface area contributed by atoms with Gasteiger partial charge in [-0.3, -0.25) is 19.9 Å². The second-order valence-corrected chi connectivity index (χ2v) is 8.35. The maximum absolute atomic E-state index is 4.48. The van der Waals surface area contributed by atoms with E-state index in [4.69, 9.17) is 0 Å². The van der Waals surface area contributed by atoms with E-state index in [9.17, 15) is 0 Å². The number of pyridine rings is 4. The number of aryl methyl sites for hydroxylation is 4. The molecular formula is C28H24N4. The molecule has 0 spiro atoms. The highest BCUT2D eigenvalue weighted by Crippen LogP contribution is 2.26. The van der Waals surface area contributed by atoms with Gasteiger partial charge < -0.3 is 0 Å². The first-order valence-electron chi connectivity index (χ1n) is 10.7. The zero-order chi connectivity index (χ0) is 22.2. The average molecular weight is 417 g/mol. The zero-order valence-electron chi connectivity index (χ0n) is 18.7. The van der Waals surface area contributed by atoms with E-state index in [1.54, 1.807) is 0 Å². The van der Waals surface area contributed by atoms with Crippen LogP contribution in [0.25, 0.3) is 43.6 Å². The fourth-order valence-electron chi connectivity index (χ4n) is 4.12. The van der Waals surface area contributed by atoms with Gasteiger partial charge in [0, 0.05) is 46.3 Å². The molecule has 156 valence electrons. The number of hydrogen-bond donors (Lipinski definition) is 0. The van der Waals surface area contributed by atoms with Gasteiger partial charge in [0.1, 0.15) is 0 Å². The molecule has 32 heavy (non-hydrogen) atoms. The lowest BCUT2D eigenvalue weighted by atomic mass is 10.0. The Morgan fingerprint density at radius 3 is 1.34 bits per heavy atom. The number of hydrogen-bond acceptors (Lipinski definition) is 4. The maximum Gasteiger partial charge on any atom is 0.0967 e. The standard InChI is InChI=1S/2C14H12N2/c1-9-5-11-3-4-12-6-10(2)8-16-14(12)13(11)15-7-9;1-9-5-7-15-13-11(9)3-4-12-10(2)6-8-16-14(12)13/h2*3-8H,1-2H3. The van der Waals surface area contributed by atoms with Crippen molar-refractivity contribution >= 4 is 43.6 Å². The third-order valence-corrected chi connectivity index (χ3v) is 5.83. The molecule has 6 aromatic rings. The molecule has 2 aromatic carbocycles. The first kappa shape index (κ1) is 20.0. The summed E-state index contributed by atoms with van der Waals surface area (Å²) in [4.78, 5) is 17.8. The minimum absolute atomic E-state index is 0.989. The largest absolute Gasteiger partial charge is 0.254 e. The molecule has 0 aliphatic heterocycles. The van der Waals surface area contributed by atoms with Gasteiger partial charge in [0.2, 0.25) is 0 Å². The van der Waals surface area contributed by atoms with E-state index in [0.29, 0.717) is 0 Å². The highest BCUT2D eigenvalue weighted by molar-refractivity contribution is 6.04. The minimum atomic E-state index is 0.989. The smallest absolute Gasteiger partial charge is 0.0967 e. The molecule has 0 bridgehead atoms. The lowest BCUT2D eigenvalue weighted by molar-refractivity contribution is 1.30. The van der Waals surface area contributed by atoms with Crippen molar-refractivity contribution in [2.75, 3.05) is 0 Å². The maximum atomic E-state index is 4.48. The Morgan fingerprint density at radius 1 is 0.469 bits per heavy atom. The summed E-state index contributed by atoms with van der Waals surface area (Å²) in [5, 5.41) is 4.69. The van der Waals surface area contributed by atoms with Crippen molar-refractivity contribution in [2.45, 2.75) is 27.7 Å². The summed E-state index contributed by atoms with van der Waals surface area (Å²) in [7, 11) is 0. The molecule has 0 atom stereocenters. The van der Waals surface area contributed by atoms with Gasteiger partial charge in [0.25, 0.3) is 0 Å². The predicted molar refractivity (Wildman–Crippen MR) is 133 cm³/mol. The first-order valence-corrected chi connectivity index (χ1v) is 10.7.